The zero-order chi connectivity index (χ0) is 11.8. The first-order valence-electron chi connectivity index (χ1n) is 5.06. The highest BCUT2D eigenvalue weighted by atomic mass is 16.5. The van der Waals surface area contributed by atoms with Crippen LogP contribution in [0.5, 0.6) is 0 Å². The van der Waals surface area contributed by atoms with Gasteiger partial charge in [-0.05, 0) is 5.92 Å². The predicted octanol–water partition coefficient (Wildman–Crippen LogP) is -0.253. The molecule has 0 aliphatic heterocycles. The summed E-state index contributed by atoms with van der Waals surface area (Å²) in [4.78, 5) is 11.1. The van der Waals surface area contributed by atoms with Crippen molar-refractivity contribution >= 4 is 5.91 Å². The number of methoxy groups -OCH3 is 2. The molecule has 0 spiro atoms. The van der Waals surface area contributed by atoms with Gasteiger partial charge in [-0.1, -0.05) is 13.8 Å². The Hall–Kier alpha value is -0.650. The maximum Gasteiger partial charge on any atom is 0.236 e. The number of nitrogens with one attached hydrogen (secondary N) is 1. The molecule has 0 saturated carbocycles. The fraction of sp³-hybridized carbons (Fsp3) is 0.900. The van der Waals surface area contributed by atoms with Crippen LogP contribution in [0.15, 0.2) is 0 Å². The molecular weight excluding hydrogens is 196 g/mol. The number of rotatable bonds is 8. The Morgan fingerprint density at radius 2 is 1.80 bits per heavy atom. The van der Waals surface area contributed by atoms with Gasteiger partial charge in [-0.2, -0.15) is 0 Å². The lowest BCUT2D eigenvalue weighted by molar-refractivity contribution is -0.121. The van der Waals surface area contributed by atoms with E-state index in [2.05, 4.69) is 19.2 Å². The van der Waals surface area contributed by atoms with Crippen molar-refractivity contribution in [1.82, 2.24) is 5.32 Å². The molecule has 0 aromatic rings. The first-order valence-corrected chi connectivity index (χ1v) is 5.06. The van der Waals surface area contributed by atoms with Gasteiger partial charge in [0.25, 0.3) is 0 Å². The van der Waals surface area contributed by atoms with Gasteiger partial charge in [0.05, 0.1) is 13.2 Å². The van der Waals surface area contributed by atoms with Crippen LogP contribution in [-0.2, 0) is 14.3 Å². The Labute approximate surface area is 91.3 Å². The largest absolute Gasteiger partial charge is 0.383 e. The van der Waals surface area contributed by atoms with Gasteiger partial charge in [-0.3, -0.25) is 10.1 Å². The molecular formula is C10H22N2O3. The number of amides is 1. The second kappa shape index (κ2) is 7.62. The summed E-state index contributed by atoms with van der Waals surface area (Å²) in [6.07, 6.45) is 0. The highest BCUT2D eigenvalue weighted by molar-refractivity contribution is 5.80. The highest BCUT2D eigenvalue weighted by Crippen LogP contribution is 2.03. The highest BCUT2D eigenvalue weighted by Gasteiger charge is 2.21. The third-order valence-corrected chi connectivity index (χ3v) is 2.24. The number of ether oxygens (including phenoxy) is 2. The maximum absolute atomic E-state index is 11.1. The number of primary amides is 1. The quantitative estimate of drug-likeness (QED) is 0.589. The third kappa shape index (κ3) is 5.71. The van der Waals surface area contributed by atoms with Crippen LogP contribution in [0.25, 0.3) is 0 Å². The maximum atomic E-state index is 11.1. The van der Waals surface area contributed by atoms with Crippen molar-refractivity contribution in [2.45, 2.75) is 25.9 Å². The van der Waals surface area contributed by atoms with E-state index in [4.69, 9.17) is 15.2 Å². The number of hydrogen-bond donors (Lipinski definition) is 2. The molecule has 0 saturated heterocycles. The average Bonchev–Trinajstić information content (AvgIpc) is 2.15. The van der Waals surface area contributed by atoms with E-state index in [1.807, 2.05) is 0 Å². The second-order valence-electron chi connectivity index (χ2n) is 3.88. The zero-order valence-electron chi connectivity index (χ0n) is 9.95. The summed E-state index contributed by atoms with van der Waals surface area (Å²) in [5, 5.41) is 3.13. The van der Waals surface area contributed by atoms with Crippen molar-refractivity contribution in [2.24, 2.45) is 11.7 Å². The van der Waals surface area contributed by atoms with E-state index in [1.54, 1.807) is 14.2 Å². The lowest BCUT2D eigenvalue weighted by Gasteiger charge is -2.25. The minimum Gasteiger partial charge on any atom is -0.383 e. The van der Waals surface area contributed by atoms with Crippen LogP contribution in [-0.4, -0.2) is 45.4 Å². The fourth-order valence-electron chi connectivity index (χ4n) is 1.25. The summed E-state index contributed by atoms with van der Waals surface area (Å²) in [6.45, 7) is 4.94. The molecule has 0 aromatic carbocycles. The first-order chi connectivity index (χ1) is 7.02. The Balaban J connectivity index is 4.25. The van der Waals surface area contributed by atoms with Gasteiger partial charge < -0.3 is 15.2 Å². The molecule has 3 N–H and O–H groups in total. The van der Waals surface area contributed by atoms with Crippen LogP contribution in [0.3, 0.4) is 0 Å². The molecule has 2 atom stereocenters. The summed E-state index contributed by atoms with van der Waals surface area (Å²) in [7, 11) is 3.17. The van der Waals surface area contributed by atoms with Gasteiger partial charge >= 0.3 is 0 Å². The minimum atomic E-state index is -0.461. The van der Waals surface area contributed by atoms with Crippen molar-refractivity contribution in [3.05, 3.63) is 0 Å². The Morgan fingerprint density at radius 1 is 1.27 bits per heavy atom. The summed E-state index contributed by atoms with van der Waals surface area (Å²) in [5.41, 5.74) is 5.25. The number of nitrogens with two attached hydrogens (primary N) is 1. The third-order valence-electron chi connectivity index (χ3n) is 2.24. The van der Waals surface area contributed by atoms with Crippen LogP contribution in [0.2, 0.25) is 0 Å². The molecule has 0 fully saturated rings. The van der Waals surface area contributed by atoms with Crippen molar-refractivity contribution in [3.8, 4) is 0 Å². The normalized spacial score (nSPS) is 15.3. The molecule has 5 heteroatoms. The molecule has 15 heavy (non-hydrogen) atoms. The predicted molar refractivity (Wildman–Crippen MR) is 58.5 cm³/mol. The summed E-state index contributed by atoms with van der Waals surface area (Å²) >= 11 is 0. The number of carbonyl (C=O) groups excluding carboxylic acids is 1. The molecule has 0 bridgehead atoms. The van der Waals surface area contributed by atoms with E-state index < -0.39 is 11.9 Å². The SMILES string of the molecule is COCC(NC(COC)C(C)C)C(N)=O. The molecule has 2 unspecified atom stereocenters. The van der Waals surface area contributed by atoms with Crippen molar-refractivity contribution in [3.63, 3.8) is 0 Å². The summed E-state index contributed by atoms with van der Waals surface area (Å²) in [5.74, 6) is -0.0396. The second-order valence-corrected chi connectivity index (χ2v) is 3.88. The van der Waals surface area contributed by atoms with Crippen LogP contribution in [0.1, 0.15) is 13.8 Å². The van der Waals surface area contributed by atoms with Gasteiger partial charge in [0.15, 0.2) is 0 Å². The van der Waals surface area contributed by atoms with E-state index in [0.717, 1.165) is 0 Å². The summed E-state index contributed by atoms with van der Waals surface area (Å²) < 4.78 is 9.99. The zero-order valence-corrected chi connectivity index (χ0v) is 9.95. The number of carbonyl (C=O) groups is 1. The van der Waals surface area contributed by atoms with Crippen LogP contribution in [0.4, 0.5) is 0 Å². The van der Waals surface area contributed by atoms with E-state index in [0.29, 0.717) is 12.5 Å². The van der Waals surface area contributed by atoms with Gasteiger partial charge in [-0.15, -0.1) is 0 Å². The topological polar surface area (TPSA) is 73.6 Å². The molecule has 1 amide bonds. The number of hydrogen-bond acceptors (Lipinski definition) is 4. The lowest BCUT2D eigenvalue weighted by Crippen LogP contribution is -2.52. The average molecular weight is 218 g/mol. The van der Waals surface area contributed by atoms with Crippen LogP contribution < -0.4 is 11.1 Å². The Morgan fingerprint density at radius 3 is 2.13 bits per heavy atom. The molecule has 90 valence electrons. The van der Waals surface area contributed by atoms with E-state index in [9.17, 15) is 4.79 Å². The van der Waals surface area contributed by atoms with Gasteiger partial charge in [0, 0.05) is 20.3 Å². The van der Waals surface area contributed by atoms with Crippen molar-refractivity contribution in [1.29, 1.82) is 0 Å². The molecule has 0 heterocycles. The van der Waals surface area contributed by atoms with Gasteiger partial charge in [0.2, 0.25) is 5.91 Å². The fourth-order valence-corrected chi connectivity index (χ4v) is 1.25. The van der Waals surface area contributed by atoms with Gasteiger partial charge in [0.1, 0.15) is 6.04 Å². The standard InChI is InChI=1S/C10H22N2O3/c1-7(2)8(5-14-3)12-9(6-15-4)10(11)13/h7-9,12H,5-6H2,1-4H3,(H2,11,13). The van der Waals surface area contributed by atoms with Gasteiger partial charge in [-0.25, -0.2) is 0 Å². The molecule has 0 aromatic heterocycles. The van der Waals surface area contributed by atoms with E-state index >= 15 is 0 Å². The monoisotopic (exact) mass is 218 g/mol. The lowest BCUT2D eigenvalue weighted by atomic mass is 10.0. The van der Waals surface area contributed by atoms with E-state index in [-0.39, 0.29) is 12.6 Å². The molecule has 0 aliphatic rings. The molecule has 0 rings (SSSR count). The summed E-state index contributed by atoms with van der Waals surface area (Å²) in [6, 6.07) is -0.361. The van der Waals surface area contributed by atoms with Crippen molar-refractivity contribution < 1.29 is 14.3 Å². The first kappa shape index (κ1) is 14.3. The van der Waals surface area contributed by atoms with Crippen LogP contribution in [0, 0.1) is 5.92 Å². The molecule has 0 aliphatic carbocycles. The molecule has 5 nitrogen and oxygen atoms in total. The Bertz CT molecular complexity index is 186. The smallest absolute Gasteiger partial charge is 0.236 e. The van der Waals surface area contributed by atoms with Crippen LogP contribution >= 0.6 is 0 Å². The Kier molecular flexibility index (Phi) is 7.29. The molecule has 0 radical (unpaired) electrons. The van der Waals surface area contributed by atoms with E-state index in [1.165, 1.54) is 0 Å². The minimum absolute atomic E-state index is 0.0997. The van der Waals surface area contributed by atoms with Crippen molar-refractivity contribution in [2.75, 3.05) is 27.4 Å².